The van der Waals surface area contributed by atoms with Crippen molar-refractivity contribution < 1.29 is 9.53 Å². The third-order valence-corrected chi connectivity index (χ3v) is 2.19. The summed E-state index contributed by atoms with van der Waals surface area (Å²) in [6, 6.07) is 13.4. The molecule has 2 nitrogen and oxygen atoms in total. The fraction of sp³-hybridized carbons (Fsp3) is 0.0833. The van der Waals surface area contributed by atoms with Gasteiger partial charge in [0.1, 0.15) is 0 Å². The molecule has 0 atom stereocenters. The van der Waals surface area contributed by atoms with E-state index in [1.54, 1.807) is 6.07 Å². The molecule has 2 rings (SSSR count). The molecule has 0 aliphatic heterocycles. The second kappa shape index (κ2) is 5.25. The maximum Gasteiger partial charge on any atom is 0.338 e. The number of benzene rings is 2. The van der Waals surface area contributed by atoms with E-state index in [4.69, 9.17) is 4.74 Å². The van der Waals surface area contributed by atoms with E-state index in [-0.39, 0.29) is 33.3 Å². The number of esters is 1. The number of hydrogen-bond acceptors (Lipinski definition) is 2. The molecule has 0 amide bonds. The topological polar surface area (TPSA) is 26.3 Å². The van der Waals surface area contributed by atoms with E-state index < -0.39 is 0 Å². The molecule has 0 bridgehead atoms. The molecule has 0 heterocycles. The summed E-state index contributed by atoms with van der Waals surface area (Å²) in [6.07, 6.45) is 0. The van der Waals surface area contributed by atoms with Crippen LogP contribution in [0.4, 0.5) is 0 Å². The van der Waals surface area contributed by atoms with Gasteiger partial charge in [0.05, 0.1) is 12.7 Å². The summed E-state index contributed by atoms with van der Waals surface area (Å²) in [5.41, 5.74) is 0.616. The van der Waals surface area contributed by atoms with Crippen molar-refractivity contribution in [2.45, 2.75) is 0 Å². The van der Waals surface area contributed by atoms with E-state index in [1.165, 1.54) is 7.11 Å². The van der Waals surface area contributed by atoms with Gasteiger partial charge in [-0.05, 0) is 16.8 Å². The number of rotatable bonds is 1. The molecule has 0 unspecified atom stereocenters. The molecule has 0 saturated heterocycles. The Morgan fingerprint density at radius 3 is 2.47 bits per heavy atom. The van der Waals surface area contributed by atoms with Gasteiger partial charge in [0.2, 0.25) is 0 Å². The molecule has 0 aliphatic rings. The Hall–Kier alpha value is -0.908. The molecule has 2 aromatic rings. The zero-order valence-corrected chi connectivity index (χ0v) is 12.2. The van der Waals surface area contributed by atoms with Crippen LogP contribution in [0.25, 0.3) is 10.8 Å². The minimum absolute atomic E-state index is 0. The molecule has 15 heavy (non-hydrogen) atoms. The summed E-state index contributed by atoms with van der Waals surface area (Å²) in [7, 11) is 1.39. The number of hydrogen-bond donors (Lipinski definition) is 0. The fourth-order valence-corrected chi connectivity index (χ4v) is 1.51. The molecule has 0 N–H and O–H groups in total. The van der Waals surface area contributed by atoms with Crippen LogP contribution in [0.15, 0.2) is 42.5 Å². The average Bonchev–Trinajstić information content (AvgIpc) is 2.27. The van der Waals surface area contributed by atoms with E-state index in [9.17, 15) is 4.79 Å². The largest absolute Gasteiger partial charge is 0.465 e. The van der Waals surface area contributed by atoms with Crippen LogP contribution in [0.3, 0.4) is 0 Å². The van der Waals surface area contributed by atoms with Gasteiger partial charge < -0.3 is 4.74 Å². The quantitative estimate of drug-likeness (QED) is 0.549. The van der Waals surface area contributed by atoms with E-state index in [0.717, 1.165) is 10.8 Å². The first-order valence-corrected chi connectivity index (χ1v) is 4.39. The van der Waals surface area contributed by atoms with Crippen molar-refractivity contribution in [2.75, 3.05) is 7.11 Å². The molecule has 0 saturated carbocycles. The first-order valence-electron chi connectivity index (χ1n) is 4.39. The van der Waals surface area contributed by atoms with Crippen molar-refractivity contribution in [1.29, 1.82) is 0 Å². The van der Waals surface area contributed by atoms with Gasteiger partial charge in [0.15, 0.2) is 0 Å². The molecule has 2 aromatic carbocycles. The summed E-state index contributed by atoms with van der Waals surface area (Å²) in [6.45, 7) is 0. The van der Waals surface area contributed by atoms with E-state index in [2.05, 4.69) is 0 Å². The monoisotopic (exact) mass is 394 g/mol. The molecule has 0 fully saturated rings. The molecule has 3 heteroatoms. The van der Waals surface area contributed by atoms with Crippen LogP contribution in [0.1, 0.15) is 10.4 Å². The Bertz CT molecular complexity index is 475. The van der Waals surface area contributed by atoms with Crippen LogP contribution in [-0.2, 0) is 4.74 Å². The van der Waals surface area contributed by atoms with Crippen LogP contribution in [0.2, 0.25) is 0 Å². The van der Waals surface area contributed by atoms with Crippen molar-refractivity contribution in [3.05, 3.63) is 48.0 Å². The molecule has 74 valence electrons. The van der Waals surface area contributed by atoms with Gasteiger partial charge in [-0.25, -0.2) is 4.79 Å². The zero-order chi connectivity index (χ0) is 9.97. The predicted octanol–water partition coefficient (Wildman–Crippen LogP) is 2.25. The number of carbonyl (C=O) groups excluding carboxylic acids is 1. The SMILES string of the molecule is COC(=O)c1cccc2ccccc12.[Pb]. The van der Waals surface area contributed by atoms with Gasteiger partial charge in [-0.1, -0.05) is 36.4 Å². The Kier molecular flexibility index (Phi) is 4.26. The third kappa shape index (κ3) is 2.37. The first kappa shape index (κ1) is 12.2. The third-order valence-electron chi connectivity index (χ3n) is 2.19. The molecule has 4 radical (unpaired) electrons. The van der Waals surface area contributed by atoms with Gasteiger partial charge in [0, 0.05) is 27.3 Å². The van der Waals surface area contributed by atoms with Crippen LogP contribution < -0.4 is 0 Å². The smallest absolute Gasteiger partial charge is 0.338 e. The second-order valence-corrected chi connectivity index (χ2v) is 3.02. The van der Waals surface area contributed by atoms with Crippen LogP contribution in [0, 0.1) is 0 Å². The second-order valence-electron chi connectivity index (χ2n) is 3.02. The minimum Gasteiger partial charge on any atom is -0.465 e. The van der Waals surface area contributed by atoms with Crippen LogP contribution in [-0.4, -0.2) is 40.4 Å². The van der Waals surface area contributed by atoms with Gasteiger partial charge >= 0.3 is 5.97 Å². The predicted molar refractivity (Wildman–Crippen MR) is 61.0 cm³/mol. The van der Waals surface area contributed by atoms with Crippen molar-refractivity contribution in [3.63, 3.8) is 0 Å². The molecule has 0 spiro atoms. The van der Waals surface area contributed by atoms with E-state index in [0.29, 0.717) is 5.56 Å². The minimum atomic E-state index is -0.290. The van der Waals surface area contributed by atoms with Crippen LogP contribution >= 0.6 is 0 Å². The Labute approximate surface area is 108 Å². The molecule has 0 aliphatic carbocycles. The summed E-state index contributed by atoms with van der Waals surface area (Å²) in [4.78, 5) is 11.4. The average molecular weight is 393 g/mol. The van der Waals surface area contributed by atoms with Crippen molar-refractivity contribution >= 4 is 44.0 Å². The maximum absolute atomic E-state index is 11.4. The standard InChI is InChI=1S/C12H10O2.Pb/c1-14-12(13)11-8-4-6-9-5-2-3-7-10(9)11;/h2-8H,1H3;. The van der Waals surface area contributed by atoms with Crippen LogP contribution in [0.5, 0.6) is 0 Å². The number of ether oxygens (including phenoxy) is 1. The maximum atomic E-state index is 11.4. The Morgan fingerprint density at radius 2 is 1.73 bits per heavy atom. The summed E-state index contributed by atoms with van der Waals surface area (Å²) in [5.74, 6) is -0.290. The Morgan fingerprint density at radius 1 is 1.07 bits per heavy atom. The summed E-state index contributed by atoms with van der Waals surface area (Å²) < 4.78 is 4.71. The zero-order valence-electron chi connectivity index (χ0n) is 8.36. The van der Waals surface area contributed by atoms with Gasteiger partial charge in [-0.15, -0.1) is 0 Å². The summed E-state index contributed by atoms with van der Waals surface area (Å²) in [5, 5.41) is 1.98. The normalized spacial score (nSPS) is 9.40. The van der Waals surface area contributed by atoms with Crippen molar-refractivity contribution in [3.8, 4) is 0 Å². The van der Waals surface area contributed by atoms with Crippen molar-refractivity contribution in [1.82, 2.24) is 0 Å². The van der Waals surface area contributed by atoms with E-state index >= 15 is 0 Å². The Balaban J connectivity index is 0.00000112. The number of methoxy groups -OCH3 is 1. The van der Waals surface area contributed by atoms with Gasteiger partial charge in [-0.2, -0.15) is 0 Å². The fourth-order valence-electron chi connectivity index (χ4n) is 1.51. The van der Waals surface area contributed by atoms with E-state index in [1.807, 2.05) is 36.4 Å². The van der Waals surface area contributed by atoms with Gasteiger partial charge in [-0.3, -0.25) is 0 Å². The first-order chi connectivity index (χ1) is 6.83. The molecular weight excluding hydrogens is 383 g/mol. The van der Waals surface area contributed by atoms with Crippen molar-refractivity contribution in [2.24, 2.45) is 0 Å². The molecular formula is C12H10O2Pb. The number of carbonyl (C=O) groups is 1. The molecule has 0 aromatic heterocycles. The van der Waals surface area contributed by atoms with Gasteiger partial charge in [0.25, 0.3) is 0 Å². The summed E-state index contributed by atoms with van der Waals surface area (Å²) >= 11 is 0. The number of fused-ring (bicyclic) bond motifs is 1.